The predicted molar refractivity (Wildman–Crippen MR) is 81.2 cm³/mol. The van der Waals surface area contributed by atoms with Crippen molar-refractivity contribution in [3.05, 3.63) is 52.5 Å². The first kappa shape index (κ1) is 15.1. The number of hydrogen-bond donors (Lipinski definition) is 1. The number of nitrogens with two attached hydrogens (primary N) is 1. The summed E-state index contributed by atoms with van der Waals surface area (Å²) in [6.07, 6.45) is 0. The lowest BCUT2D eigenvalue weighted by Crippen LogP contribution is -2.03. The summed E-state index contributed by atoms with van der Waals surface area (Å²) in [6, 6.07) is 12.3. The average Bonchev–Trinajstić information content (AvgIpc) is 2.39. The third-order valence-corrected chi connectivity index (χ3v) is 4.18. The van der Waals surface area contributed by atoms with Crippen LogP contribution < -0.4 is 10.5 Å². The van der Waals surface area contributed by atoms with E-state index in [2.05, 4.69) is 20.7 Å². The fraction of sp³-hybridized carbons (Fsp3) is 0.143. The van der Waals surface area contributed by atoms with Gasteiger partial charge in [0, 0.05) is 26.4 Å². The molecule has 2 aromatic rings. The number of benzene rings is 2. The average molecular weight is 360 g/mol. The summed E-state index contributed by atoms with van der Waals surface area (Å²) in [7, 11) is 0. The first-order valence-corrected chi connectivity index (χ1v) is 7.54. The Morgan fingerprint density at radius 3 is 2.65 bits per heavy atom. The van der Waals surface area contributed by atoms with Gasteiger partial charge in [-0.2, -0.15) is 8.78 Å². The Kier molecular flexibility index (Phi) is 5.25. The number of thioether (sulfide) groups is 1. The Hall–Kier alpha value is -1.27. The van der Waals surface area contributed by atoms with Gasteiger partial charge >= 0.3 is 6.61 Å². The molecule has 0 spiro atoms. The lowest BCUT2D eigenvalue weighted by atomic mass is 10.2. The zero-order valence-corrected chi connectivity index (χ0v) is 12.8. The van der Waals surface area contributed by atoms with Gasteiger partial charge in [0.15, 0.2) is 0 Å². The van der Waals surface area contributed by atoms with Crippen LogP contribution >= 0.6 is 27.7 Å². The summed E-state index contributed by atoms with van der Waals surface area (Å²) >= 11 is 4.82. The first-order valence-electron chi connectivity index (χ1n) is 5.77. The minimum atomic E-state index is -2.82. The maximum absolute atomic E-state index is 12.3. The third-order valence-electron chi connectivity index (χ3n) is 2.54. The monoisotopic (exact) mass is 359 g/mol. The van der Waals surface area contributed by atoms with E-state index in [9.17, 15) is 8.78 Å². The molecule has 2 nitrogen and oxygen atoms in total. The Labute approximate surface area is 128 Å². The number of alkyl halides is 2. The van der Waals surface area contributed by atoms with Gasteiger partial charge in [0.25, 0.3) is 0 Å². The first-order chi connectivity index (χ1) is 9.56. The fourth-order valence-corrected chi connectivity index (χ4v) is 2.96. The van der Waals surface area contributed by atoms with E-state index in [0.717, 1.165) is 9.37 Å². The van der Waals surface area contributed by atoms with Crippen LogP contribution in [0.2, 0.25) is 0 Å². The summed E-state index contributed by atoms with van der Waals surface area (Å²) in [4.78, 5) is 0.903. The van der Waals surface area contributed by atoms with Crippen molar-refractivity contribution >= 4 is 33.4 Å². The van der Waals surface area contributed by atoms with Gasteiger partial charge in [-0.3, -0.25) is 0 Å². The summed E-state index contributed by atoms with van der Waals surface area (Å²) in [6.45, 7) is -2.82. The van der Waals surface area contributed by atoms with Gasteiger partial charge in [-0.25, -0.2) is 0 Å². The van der Waals surface area contributed by atoms with Crippen LogP contribution in [0.1, 0.15) is 5.56 Å². The van der Waals surface area contributed by atoms with Crippen molar-refractivity contribution in [2.75, 3.05) is 5.73 Å². The Morgan fingerprint density at radius 1 is 1.20 bits per heavy atom. The molecule has 6 heteroatoms. The van der Waals surface area contributed by atoms with Gasteiger partial charge in [0.2, 0.25) is 0 Å². The molecule has 20 heavy (non-hydrogen) atoms. The van der Waals surface area contributed by atoms with Crippen molar-refractivity contribution in [3.63, 3.8) is 0 Å². The van der Waals surface area contributed by atoms with E-state index in [1.807, 2.05) is 18.2 Å². The van der Waals surface area contributed by atoms with Crippen LogP contribution in [-0.2, 0) is 5.75 Å². The second kappa shape index (κ2) is 6.95. The number of halogens is 3. The summed E-state index contributed by atoms with van der Waals surface area (Å²) < 4.78 is 30.0. The molecule has 0 aliphatic rings. The second-order valence-electron chi connectivity index (χ2n) is 3.96. The molecule has 0 aliphatic carbocycles. The highest BCUT2D eigenvalue weighted by Crippen LogP contribution is 2.33. The molecule has 0 amide bonds. The molecule has 0 atom stereocenters. The van der Waals surface area contributed by atoms with Gasteiger partial charge in [-0.05, 0) is 24.3 Å². The van der Waals surface area contributed by atoms with Crippen LogP contribution in [0.25, 0.3) is 0 Å². The van der Waals surface area contributed by atoms with Crippen LogP contribution in [0.5, 0.6) is 5.75 Å². The second-order valence-corrected chi connectivity index (χ2v) is 5.89. The number of hydrogen-bond acceptors (Lipinski definition) is 3. The number of anilines is 1. The van der Waals surface area contributed by atoms with Crippen molar-refractivity contribution in [2.24, 2.45) is 0 Å². The largest absolute Gasteiger partial charge is 0.435 e. The van der Waals surface area contributed by atoms with E-state index >= 15 is 0 Å². The van der Waals surface area contributed by atoms with Crippen LogP contribution in [-0.4, -0.2) is 6.61 Å². The van der Waals surface area contributed by atoms with E-state index in [-0.39, 0.29) is 5.75 Å². The Morgan fingerprint density at radius 2 is 1.95 bits per heavy atom. The number of nitrogen functional groups attached to an aromatic ring is 1. The van der Waals surface area contributed by atoms with Gasteiger partial charge < -0.3 is 10.5 Å². The number of para-hydroxylation sites is 1. The van der Waals surface area contributed by atoms with Crippen LogP contribution in [0.3, 0.4) is 0 Å². The van der Waals surface area contributed by atoms with E-state index in [4.69, 9.17) is 5.73 Å². The predicted octanol–water partition coefficient (Wildman–Crippen LogP) is 4.93. The highest BCUT2D eigenvalue weighted by Gasteiger charge is 2.10. The number of ether oxygens (including phenoxy) is 1. The molecule has 0 aliphatic heterocycles. The topological polar surface area (TPSA) is 35.2 Å². The lowest BCUT2D eigenvalue weighted by Gasteiger charge is -2.11. The zero-order chi connectivity index (χ0) is 14.5. The maximum atomic E-state index is 12.3. The third kappa shape index (κ3) is 4.11. The molecule has 0 aromatic heterocycles. The molecule has 0 radical (unpaired) electrons. The standard InChI is InChI=1S/C14H12BrF2NOS/c15-10-5-6-13(11(18)7-10)20-8-9-3-1-2-4-12(9)19-14(16)17/h1-7,14H,8,18H2. The summed E-state index contributed by atoms with van der Waals surface area (Å²) in [5.41, 5.74) is 7.26. The smallest absolute Gasteiger partial charge is 0.387 e. The molecule has 0 bridgehead atoms. The number of rotatable bonds is 5. The molecule has 2 N–H and O–H groups in total. The fourth-order valence-electron chi connectivity index (χ4n) is 1.64. The molecule has 2 aromatic carbocycles. The van der Waals surface area contributed by atoms with Crippen molar-refractivity contribution in [1.82, 2.24) is 0 Å². The normalized spacial score (nSPS) is 10.8. The summed E-state index contributed by atoms with van der Waals surface area (Å²) in [5.74, 6) is 0.708. The van der Waals surface area contributed by atoms with E-state index in [1.54, 1.807) is 18.2 Å². The van der Waals surface area contributed by atoms with Gasteiger partial charge in [-0.1, -0.05) is 34.1 Å². The Bertz CT molecular complexity index is 595. The maximum Gasteiger partial charge on any atom is 0.387 e. The van der Waals surface area contributed by atoms with Crippen LogP contribution in [0.4, 0.5) is 14.5 Å². The molecule has 106 valence electrons. The molecular formula is C14H12BrF2NOS. The highest BCUT2D eigenvalue weighted by atomic mass is 79.9. The molecule has 0 saturated heterocycles. The molecule has 2 rings (SSSR count). The Balaban J connectivity index is 2.10. The molecular weight excluding hydrogens is 348 g/mol. The van der Waals surface area contributed by atoms with E-state index < -0.39 is 6.61 Å². The highest BCUT2D eigenvalue weighted by molar-refractivity contribution is 9.10. The zero-order valence-electron chi connectivity index (χ0n) is 10.4. The van der Waals surface area contributed by atoms with E-state index in [0.29, 0.717) is 17.0 Å². The van der Waals surface area contributed by atoms with Gasteiger partial charge in [0.1, 0.15) is 5.75 Å². The van der Waals surface area contributed by atoms with Crippen LogP contribution in [0.15, 0.2) is 51.8 Å². The van der Waals surface area contributed by atoms with Crippen molar-refractivity contribution in [1.29, 1.82) is 0 Å². The summed E-state index contributed by atoms with van der Waals surface area (Å²) in [5, 5.41) is 0. The minimum Gasteiger partial charge on any atom is -0.435 e. The SMILES string of the molecule is Nc1cc(Br)ccc1SCc1ccccc1OC(F)F. The van der Waals surface area contributed by atoms with E-state index in [1.165, 1.54) is 17.8 Å². The van der Waals surface area contributed by atoms with Gasteiger partial charge in [-0.15, -0.1) is 11.8 Å². The molecule has 0 unspecified atom stereocenters. The van der Waals surface area contributed by atoms with Crippen molar-refractivity contribution in [3.8, 4) is 5.75 Å². The van der Waals surface area contributed by atoms with Crippen molar-refractivity contribution < 1.29 is 13.5 Å². The minimum absolute atomic E-state index is 0.200. The molecule has 0 heterocycles. The quantitative estimate of drug-likeness (QED) is 0.607. The van der Waals surface area contributed by atoms with Gasteiger partial charge in [0.05, 0.1) is 0 Å². The van der Waals surface area contributed by atoms with Crippen molar-refractivity contribution in [2.45, 2.75) is 17.3 Å². The van der Waals surface area contributed by atoms with Crippen LogP contribution in [0, 0.1) is 0 Å². The lowest BCUT2D eigenvalue weighted by molar-refractivity contribution is -0.0503. The molecule has 0 fully saturated rings. The molecule has 0 saturated carbocycles.